The summed E-state index contributed by atoms with van der Waals surface area (Å²) in [5.41, 5.74) is 0.838. The molecule has 6 nitrogen and oxygen atoms in total. The first-order valence-corrected chi connectivity index (χ1v) is 6.49. The van der Waals surface area contributed by atoms with Gasteiger partial charge in [-0.3, -0.25) is 4.79 Å². The average Bonchev–Trinajstić information content (AvgIpc) is 2.90. The van der Waals surface area contributed by atoms with Gasteiger partial charge in [0.1, 0.15) is 5.75 Å². The highest BCUT2D eigenvalue weighted by molar-refractivity contribution is 5.77. The van der Waals surface area contributed by atoms with E-state index in [1.54, 1.807) is 19.1 Å². The van der Waals surface area contributed by atoms with Gasteiger partial charge in [0.05, 0.1) is 0 Å². The molecule has 1 aromatic carbocycles. The van der Waals surface area contributed by atoms with E-state index < -0.39 is 0 Å². The Labute approximate surface area is 117 Å². The first kappa shape index (κ1) is 14.0. The summed E-state index contributed by atoms with van der Waals surface area (Å²) in [6, 6.07) is 7.19. The van der Waals surface area contributed by atoms with E-state index in [2.05, 4.69) is 15.5 Å². The van der Waals surface area contributed by atoms with Crippen LogP contribution in [0.5, 0.6) is 5.75 Å². The van der Waals surface area contributed by atoms with Gasteiger partial charge in [0, 0.05) is 19.0 Å². The van der Waals surface area contributed by atoms with Gasteiger partial charge in [-0.1, -0.05) is 12.1 Å². The molecule has 1 heterocycles. The normalized spacial score (nSPS) is 10.3. The van der Waals surface area contributed by atoms with Crippen LogP contribution in [0.2, 0.25) is 0 Å². The fourth-order valence-electron chi connectivity index (χ4n) is 1.58. The standard InChI is InChI=1S/C14H17N3O3/c1-3-8-15-13(18)9-19-12-6-4-11(5-7-12)14-16-10(2)20-17-14/h4-7H,3,8-9H2,1-2H3,(H,15,18). The van der Waals surface area contributed by atoms with E-state index in [9.17, 15) is 4.79 Å². The highest BCUT2D eigenvalue weighted by atomic mass is 16.5. The smallest absolute Gasteiger partial charge is 0.257 e. The maximum Gasteiger partial charge on any atom is 0.257 e. The van der Waals surface area contributed by atoms with Gasteiger partial charge in [0.2, 0.25) is 11.7 Å². The van der Waals surface area contributed by atoms with Crippen LogP contribution >= 0.6 is 0 Å². The third kappa shape index (κ3) is 3.81. The fourth-order valence-corrected chi connectivity index (χ4v) is 1.58. The van der Waals surface area contributed by atoms with Gasteiger partial charge < -0.3 is 14.6 Å². The van der Waals surface area contributed by atoms with Crippen LogP contribution in [0.15, 0.2) is 28.8 Å². The summed E-state index contributed by atoms with van der Waals surface area (Å²) < 4.78 is 10.3. The summed E-state index contributed by atoms with van der Waals surface area (Å²) in [5.74, 6) is 1.56. The van der Waals surface area contributed by atoms with Crippen molar-refractivity contribution in [2.45, 2.75) is 20.3 Å². The molecular formula is C14H17N3O3. The molecule has 0 spiro atoms. The lowest BCUT2D eigenvalue weighted by atomic mass is 10.2. The van der Waals surface area contributed by atoms with Crippen LogP contribution in [0.25, 0.3) is 11.4 Å². The van der Waals surface area contributed by atoms with Crippen molar-refractivity contribution >= 4 is 5.91 Å². The number of carbonyl (C=O) groups is 1. The number of benzene rings is 1. The van der Waals surface area contributed by atoms with Gasteiger partial charge in [-0.05, 0) is 30.7 Å². The first-order chi connectivity index (χ1) is 9.69. The summed E-state index contributed by atoms with van der Waals surface area (Å²) >= 11 is 0. The monoisotopic (exact) mass is 275 g/mol. The minimum absolute atomic E-state index is 0.0145. The Balaban J connectivity index is 1.90. The van der Waals surface area contributed by atoms with Crippen molar-refractivity contribution in [2.24, 2.45) is 0 Å². The number of carbonyl (C=O) groups excluding carboxylic acids is 1. The van der Waals surface area contributed by atoms with E-state index in [-0.39, 0.29) is 12.5 Å². The van der Waals surface area contributed by atoms with Crippen LogP contribution in [0.4, 0.5) is 0 Å². The molecule has 2 rings (SSSR count). The zero-order chi connectivity index (χ0) is 14.4. The molecule has 1 amide bonds. The Bertz CT molecular complexity index is 563. The average molecular weight is 275 g/mol. The number of hydrogen-bond donors (Lipinski definition) is 1. The van der Waals surface area contributed by atoms with Crippen molar-refractivity contribution in [2.75, 3.05) is 13.2 Å². The van der Waals surface area contributed by atoms with Gasteiger partial charge in [0.25, 0.3) is 5.91 Å². The summed E-state index contributed by atoms with van der Waals surface area (Å²) in [6.45, 7) is 4.42. The molecule has 0 bridgehead atoms. The van der Waals surface area contributed by atoms with E-state index in [1.807, 2.05) is 19.1 Å². The number of aromatic nitrogens is 2. The maximum absolute atomic E-state index is 11.4. The molecule has 0 fully saturated rings. The topological polar surface area (TPSA) is 77.2 Å². The summed E-state index contributed by atoms with van der Waals surface area (Å²) in [5, 5.41) is 6.58. The molecular weight excluding hydrogens is 258 g/mol. The Kier molecular flexibility index (Phi) is 4.70. The lowest BCUT2D eigenvalue weighted by Crippen LogP contribution is -2.29. The predicted molar refractivity (Wildman–Crippen MR) is 73.3 cm³/mol. The molecule has 0 aliphatic rings. The van der Waals surface area contributed by atoms with E-state index in [1.165, 1.54) is 0 Å². The quantitative estimate of drug-likeness (QED) is 0.871. The molecule has 1 aromatic heterocycles. The number of ether oxygens (including phenoxy) is 1. The van der Waals surface area contributed by atoms with Crippen LogP contribution in [-0.4, -0.2) is 29.2 Å². The number of rotatable bonds is 6. The molecule has 1 N–H and O–H groups in total. The molecule has 106 valence electrons. The zero-order valence-electron chi connectivity index (χ0n) is 11.5. The van der Waals surface area contributed by atoms with Gasteiger partial charge in [-0.15, -0.1) is 0 Å². The molecule has 0 saturated carbocycles. The zero-order valence-corrected chi connectivity index (χ0v) is 11.5. The number of hydrogen-bond acceptors (Lipinski definition) is 5. The number of aryl methyl sites for hydroxylation is 1. The summed E-state index contributed by atoms with van der Waals surface area (Å²) in [6.07, 6.45) is 0.907. The van der Waals surface area contributed by atoms with E-state index in [0.29, 0.717) is 24.0 Å². The van der Waals surface area contributed by atoms with Crippen LogP contribution in [0.1, 0.15) is 19.2 Å². The molecule has 0 atom stereocenters. The Morgan fingerprint density at radius 1 is 1.35 bits per heavy atom. The van der Waals surface area contributed by atoms with Gasteiger partial charge >= 0.3 is 0 Å². The van der Waals surface area contributed by atoms with Crippen molar-refractivity contribution in [3.8, 4) is 17.1 Å². The second kappa shape index (κ2) is 6.70. The molecule has 2 aromatic rings. The van der Waals surface area contributed by atoms with E-state index in [4.69, 9.17) is 9.26 Å². The van der Waals surface area contributed by atoms with Crippen molar-refractivity contribution in [1.82, 2.24) is 15.5 Å². The van der Waals surface area contributed by atoms with Crippen LogP contribution < -0.4 is 10.1 Å². The molecule has 0 aliphatic heterocycles. The SMILES string of the molecule is CCCNC(=O)COc1ccc(-c2noc(C)n2)cc1. The lowest BCUT2D eigenvalue weighted by molar-refractivity contribution is -0.123. The lowest BCUT2D eigenvalue weighted by Gasteiger charge is -2.06. The van der Waals surface area contributed by atoms with Crippen molar-refractivity contribution in [1.29, 1.82) is 0 Å². The maximum atomic E-state index is 11.4. The van der Waals surface area contributed by atoms with Crippen LogP contribution in [0.3, 0.4) is 0 Å². The van der Waals surface area contributed by atoms with Crippen LogP contribution in [0, 0.1) is 6.92 Å². The van der Waals surface area contributed by atoms with Gasteiger partial charge in [-0.2, -0.15) is 4.98 Å². The largest absolute Gasteiger partial charge is 0.484 e. The molecule has 0 saturated heterocycles. The number of amides is 1. The summed E-state index contributed by atoms with van der Waals surface area (Å²) in [4.78, 5) is 15.5. The minimum Gasteiger partial charge on any atom is -0.484 e. The third-order valence-corrected chi connectivity index (χ3v) is 2.58. The second-order valence-corrected chi connectivity index (χ2v) is 4.30. The van der Waals surface area contributed by atoms with Crippen molar-refractivity contribution in [3.63, 3.8) is 0 Å². The van der Waals surface area contributed by atoms with E-state index in [0.717, 1.165) is 12.0 Å². The van der Waals surface area contributed by atoms with E-state index >= 15 is 0 Å². The highest BCUT2D eigenvalue weighted by Gasteiger charge is 2.06. The molecule has 0 unspecified atom stereocenters. The molecule has 0 aliphatic carbocycles. The number of nitrogens with one attached hydrogen (secondary N) is 1. The molecule has 6 heteroatoms. The first-order valence-electron chi connectivity index (χ1n) is 6.49. The fraction of sp³-hybridized carbons (Fsp3) is 0.357. The molecule has 20 heavy (non-hydrogen) atoms. The van der Waals surface area contributed by atoms with Crippen LogP contribution in [-0.2, 0) is 4.79 Å². The third-order valence-electron chi connectivity index (χ3n) is 2.58. The Hall–Kier alpha value is -2.37. The van der Waals surface area contributed by atoms with Gasteiger partial charge in [0.15, 0.2) is 6.61 Å². The minimum atomic E-state index is -0.121. The highest BCUT2D eigenvalue weighted by Crippen LogP contribution is 2.19. The Morgan fingerprint density at radius 2 is 2.10 bits per heavy atom. The van der Waals surface area contributed by atoms with Crippen molar-refractivity contribution < 1.29 is 14.1 Å². The second-order valence-electron chi connectivity index (χ2n) is 4.30. The van der Waals surface area contributed by atoms with Gasteiger partial charge in [-0.25, -0.2) is 0 Å². The number of nitrogens with zero attached hydrogens (tertiary/aromatic N) is 2. The van der Waals surface area contributed by atoms with Crippen molar-refractivity contribution in [3.05, 3.63) is 30.2 Å². The summed E-state index contributed by atoms with van der Waals surface area (Å²) in [7, 11) is 0. The predicted octanol–water partition coefficient (Wildman–Crippen LogP) is 1.95. The Morgan fingerprint density at radius 3 is 2.70 bits per heavy atom. The molecule has 0 radical (unpaired) electrons.